The highest BCUT2D eigenvalue weighted by Gasteiger charge is 2.51. The molecule has 1 saturated heterocycles. The average Bonchev–Trinajstić information content (AvgIpc) is 2.68. The fourth-order valence-electron chi connectivity index (χ4n) is 1.86. The third-order valence-corrected chi connectivity index (χ3v) is 2.91. The first-order valence-corrected chi connectivity index (χ1v) is 4.23. The minimum Gasteiger partial charge on any atom is -0.370 e. The van der Waals surface area contributed by atoms with Crippen LogP contribution in [0.2, 0.25) is 0 Å². The Bertz CT molecular complexity index is 173. The van der Waals surface area contributed by atoms with E-state index in [1.807, 2.05) is 0 Å². The van der Waals surface area contributed by atoms with Gasteiger partial charge in [-0.05, 0) is 25.7 Å². The zero-order valence-electron chi connectivity index (χ0n) is 6.66. The van der Waals surface area contributed by atoms with Gasteiger partial charge in [-0.3, -0.25) is 0 Å². The predicted molar refractivity (Wildman–Crippen MR) is 36.7 cm³/mol. The molecule has 12 heavy (non-hydrogen) atoms. The Kier molecular flexibility index (Phi) is 1.65. The first-order valence-electron chi connectivity index (χ1n) is 4.23. The Balaban J connectivity index is 1.90. The van der Waals surface area contributed by atoms with E-state index in [0.717, 1.165) is 0 Å². The molecule has 0 unspecified atom stereocenters. The number of epoxide rings is 1. The Morgan fingerprint density at radius 1 is 1.17 bits per heavy atom. The molecule has 1 saturated carbocycles. The van der Waals surface area contributed by atoms with Gasteiger partial charge >= 0.3 is 6.18 Å². The fraction of sp³-hybridized carbons (Fsp3) is 1.00. The van der Waals surface area contributed by atoms with Gasteiger partial charge in [0.25, 0.3) is 0 Å². The van der Waals surface area contributed by atoms with Crippen LogP contribution >= 0.6 is 0 Å². The highest BCUT2D eigenvalue weighted by atomic mass is 19.4. The zero-order valence-corrected chi connectivity index (χ0v) is 6.66. The zero-order chi connectivity index (χ0) is 8.82. The van der Waals surface area contributed by atoms with Gasteiger partial charge in [-0.2, -0.15) is 13.2 Å². The van der Waals surface area contributed by atoms with Crippen LogP contribution in [0.5, 0.6) is 0 Å². The van der Waals surface area contributed by atoms with Crippen molar-refractivity contribution in [3.8, 4) is 0 Å². The second-order valence-electron chi connectivity index (χ2n) is 3.79. The molecule has 2 rings (SSSR count). The number of halogens is 3. The highest BCUT2D eigenvalue weighted by molar-refractivity contribution is 4.97. The van der Waals surface area contributed by atoms with Crippen LogP contribution in [0.15, 0.2) is 0 Å². The van der Waals surface area contributed by atoms with E-state index in [0.29, 0.717) is 19.4 Å². The molecule has 0 atom stereocenters. The molecule has 0 aromatic rings. The molecule has 1 spiro atoms. The van der Waals surface area contributed by atoms with Crippen molar-refractivity contribution < 1.29 is 17.9 Å². The van der Waals surface area contributed by atoms with Crippen molar-refractivity contribution in [1.82, 2.24) is 0 Å². The Labute approximate surface area is 68.9 Å². The van der Waals surface area contributed by atoms with Crippen LogP contribution in [-0.4, -0.2) is 18.4 Å². The van der Waals surface area contributed by atoms with Crippen molar-refractivity contribution in [1.29, 1.82) is 0 Å². The van der Waals surface area contributed by atoms with Crippen LogP contribution in [0.1, 0.15) is 25.7 Å². The lowest BCUT2D eigenvalue weighted by atomic mass is 9.82. The average molecular weight is 180 g/mol. The lowest BCUT2D eigenvalue weighted by molar-refractivity contribution is -0.184. The fourth-order valence-corrected chi connectivity index (χ4v) is 1.86. The SMILES string of the molecule is FC(F)(F)C1CCC2(CC1)CO2. The molecule has 1 heterocycles. The predicted octanol–water partition coefficient (Wildman–Crippen LogP) is 2.51. The number of rotatable bonds is 0. The molecular formula is C8H11F3O. The number of alkyl halides is 3. The first-order chi connectivity index (χ1) is 5.52. The Hall–Kier alpha value is -0.250. The molecule has 70 valence electrons. The molecule has 4 heteroatoms. The van der Waals surface area contributed by atoms with Gasteiger partial charge in [0.2, 0.25) is 0 Å². The third kappa shape index (κ3) is 1.44. The molecule has 0 aromatic carbocycles. The highest BCUT2D eigenvalue weighted by Crippen LogP contribution is 2.47. The van der Waals surface area contributed by atoms with Crippen LogP contribution in [-0.2, 0) is 4.74 Å². The minimum atomic E-state index is -3.99. The van der Waals surface area contributed by atoms with Gasteiger partial charge in [0, 0.05) is 0 Å². The maximum absolute atomic E-state index is 12.2. The van der Waals surface area contributed by atoms with E-state index < -0.39 is 12.1 Å². The third-order valence-electron chi connectivity index (χ3n) is 2.91. The van der Waals surface area contributed by atoms with E-state index >= 15 is 0 Å². The van der Waals surface area contributed by atoms with Crippen molar-refractivity contribution in [3.63, 3.8) is 0 Å². The Morgan fingerprint density at radius 2 is 1.67 bits per heavy atom. The summed E-state index contributed by atoms with van der Waals surface area (Å²) in [5, 5.41) is 0. The molecular weight excluding hydrogens is 169 g/mol. The summed E-state index contributed by atoms with van der Waals surface area (Å²) in [7, 11) is 0. The second-order valence-corrected chi connectivity index (χ2v) is 3.79. The second kappa shape index (κ2) is 2.37. The van der Waals surface area contributed by atoms with E-state index in [1.54, 1.807) is 0 Å². The normalized spacial score (nSPS) is 41.8. The maximum Gasteiger partial charge on any atom is 0.391 e. The molecule has 0 amide bonds. The van der Waals surface area contributed by atoms with Crippen LogP contribution in [0.25, 0.3) is 0 Å². The van der Waals surface area contributed by atoms with E-state index in [1.165, 1.54) is 0 Å². The summed E-state index contributed by atoms with van der Waals surface area (Å²) in [5.41, 5.74) is -0.123. The van der Waals surface area contributed by atoms with Crippen molar-refractivity contribution in [2.24, 2.45) is 5.92 Å². The summed E-state index contributed by atoms with van der Waals surface area (Å²) in [6.45, 7) is 0.678. The van der Waals surface area contributed by atoms with E-state index in [2.05, 4.69) is 0 Å². The summed E-state index contributed by atoms with van der Waals surface area (Å²) in [6.07, 6.45) is -2.29. The molecule has 2 aliphatic rings. The first kappa shape index (κ1) is 8.35. The summed E-state index contributed by atoms with van der Waals surface area (Å²) in [4.78, 5) is 0. The van der Waals surface area contributed by atoms with Crippen LogP contribution in [0.4, 0.5) is 13.2 Å². The summed E-state index contributed by atoms with van der Waals surface area (Å²) in [5.74, 6) is -1.08. The van der Waals surface area contributed by atoms with Crippen LogP contribution in [0.3, 0.4) is 0 Å². The van der Waals surface area contributed by atoms with Gasteiger partial charge in [0.1, 0.15) is 0 Å². The van der Waals surface area contributed by atoms with Crippen molar-refractivity contribution in [3.05, 3.63) is 0 Å². The minimum absolute atomic E-state index is 0.123. The lowest BCUT2D eigenvalue weighted by Crippen LogP contribution is -2.30. The van der Waals surface area contributed by atoms with Gasteiger partial charge in [-0.1, -0.05) is 0 Å². The van der Waals surface area contributed by atoms with Crippen LogP contribution in [0, 0.1) is 5.92 Å². The topological polar surface area (TPSA) is 12.5 Å². The van der Waals surface area contributed by atoms with Crippen molar-refractivity contribution in [2.45, 2.75) is 37.5 Å². The standard InChI is InChI=1S/C8H11F3O/c9-8(10,11)6-1-3-7(4-2-6)5-12-7/h6H,1-5H2. The molecule has 0 aromatic heterocycles. The number of hydrogen-bond donors (Lipinski definition) is 0. The summed E-state index contributed by atoms with van der Waals surface area (Å²) in [6, 6.07) is 0. The quantitative estimate of drug-likeness (QED) is 0.522. The molecule has 1 nitrogen and oxygen atoms in total. The molecule has 1 aliphatic heterocycles. The molecule has 0 N–H and O–H groups in total. The molecule has 0 bridgehead atoms. The van der Waals surface area contributed by atoms with Gasteiger partial charge in [-0.15, -0.1) is 0 Å². The van der Waals surface area contributed by atoms with Gasteiger partial charge in [0.15, 0.2) is 0 Å². The van der Waals surface area contributed by atoms with E-state index in [9.17, 15) is 13.2 Å². The molecule has 2 fully saturated rings. The van der Waals surface area contributed by atoms with E-state index in [4.69, 9.17) is 4.74 Å². The van der Waals surface area contributed by atoms with Gasteiger partial charge in [-0.25, -0.2) is 0 Å². The maximum atomic E-state index is 12.2. The largest absolute Gasteiger partial charge is 0.391 e. The summed E-state index contributed by atoms with van der Waals surface area (Å²) >= 11 is 0. The lowest BCUT2D eigenvalue weighted by Gasteiger charge is -2.27. The van der Waals surface area contributed by atoms with E-state index in [-0.39, 0.29) is 18.4 Å². The van der Waals surface area contributed by atoms with Crippen molar-refractivity contribution in [2.75, 3.05) is 6.61 Å². The number of hydrogen-bond acceptors (Lipinski definition) is 1. The van der Waals surface area contributed by atoms with Gasteiger partial charge < -0.3 is 4.74 Å². The smallest absolute Gasteiger partial charge is 0.370 e. The Morgan fingerprint density at radius 3 is 2.00 bits per heavy atom. The monoisotopic (exact) mass is 180 g/mol. The summed E-state index contributed by atoms with van der Waals surface area (Å²) < 4.78 is 41.6. The number of ether oxygens (including phenoxy) is 1. The van der Waals surface area contributed by atoms with Crippen LogP contribution < -0.4 is 0 Å². The van der Waals surface area contributed by atoms with Crippen molar-refractivity contribution >= 4 is 0 Å². The molecule has 0 radical (unpaired) electrons. The van der Waals surface area contributed by atoms with Gasteiger partial charge in [0.05, 0.1) is 18.1 Å². The molecule has 1 aliphatic carbocycles.